The molecule has 3 nitrogen and oxygen atoms in total. The third-order valence-corrected chi connectivity index (χ3v) is 2.96. The Kier molecular flexibility index (Phi) is 4.42. The van der Waals surface area contributed by atoms with Crippen molar-refractivity contribution >= 4 is 17.4 Å². The van der Waals surface area contributed by atoms with Crippen LogP contribution in [0.1, 0.15) is 22.8 Å². The Morgan fingerprint density at radius 2 is 1.76 bits per heavy atom. The van der Waals surface area contributed by atoms with E-state index in [1.54, 1.807) is 24.3 Å². The minimum absolute atomic E-state index is 0.0344. The summed E-state index contributed by atoms with van der Waals surface area (Å²) in [7, 11) is 0. The fourth-order valence-corrected chi connectivity index (χ4v) is 1.95. The average Bonchev–Trinajstić information content (AvgIpc) is 2.44. The van der Waals surface area contributed by atoms with E-state index in [2.05, 4.69) is 5.32 Å². The lowest BCUT2D eigenvalue weighted by Gasteiger charge is -2.09. The highest BCUT2D eigenvalue weighted by Crippen LogP contribution is 2.17. The first-order valence-corrected chi connectivity index (χ1v) is 6.31. The highest BCUT2D eigenvalue weighted by molar-refractivity contribution is 6.04. The Labute approximate surface area is 120 Å². The summed E-state index contributed by atoms with van der Waals surface area (Å²) in [4.78, 5) is 23.4. The van der Waals surface area contributed by atoms with Gasteiger partial charge in [-0.1, -0.05) is 24.3 Å². The SMILES string of the molecule is CC(=O)c1ccccc1NC(=O)Cc1cccc(F)c1F. The molecule has 5 heteroatoms. The van der Waals surface area contributed by atoms with E-state index >= 15 is 0 Å². The van der Waals surface area contributed by atoms with Crippen LogP contribution in [0.3, 0.4) is 0 Å². The smallest absolute Gasteiger partial charge is 0.228 e. The molecule has 0 saturated carbocycles. The molecule has 0 heterocycles. The molecule has 0 unspecified atom stereocenters. The van der Waals surface area contributed by atoms with Gasteiger partial charge in [0.2, 0.25) is 5.91 Å². The van der Waals surface area contributed by atoms with Crippen molar-refractivity contribution in [2.45, 2.75) is 13.3 Å². The molecule has 2 aromatic carbocycles. The molecule has 108 valence electrons. The molecule has 0 saturated heterocycles. The molecule has 21 heavy (non-hydrogen) atoms. The highest BCUT2D eigenvalue weighted by Gasteiger charge is 2.13. The maximum atomic E-state index is 13.5. The second-order valence-corrected chi connectivity index (χ2v) is 4.54. The van der Waals surface area contributed by atoms with Crippen molar-refractivity contribution in [3.05, 3.63) is 65.2 Å². The minimum atomic E-state index is -1.03. The maximum Gasteiger partial charge on any atom is 0.228 e. The van der Waals surface area contributed by atoms with Gasteiger partial charge >= 0.3 is 0 Å². The van der Waals surface area contributed by atoms with Crippen molar-refractivity contribution in [1.29, 1.82) is 0 Å². The van der Waals surface area contributed by atoms with Crippen LogP contribution in [0.2, 0.25) is 0 Å². The zero-order chi connectivity index (χ0) is 15.4. The summed E-state index contributed by atoms with van der Waals surface area (Å²) < 4.78 is 26.6. The predicted octanol–water partition coefficient (Wildman–Crippen LogP) is 3.35. The molecule has 0 bridgehead atoms. The Balaban J connectivity index is 2.16. The van der Waals surface area contributed by atoms with E-state index < -0.39 is 17.5 Å². The largest absolute Gasteiger partial charge is 0.325 e. The fraction of sp³-hybridized carbons (Fsp3) is 0.125. The zero-order valence-corrected chi connectivity index (χ0v) is 11.3. The molecular formula is C16H13F2NO2. The number of hydrogen-bond donors (Lipinski definition) is 1. The first-order chi connectivity index (χ1) is 9.99. The third-order valence-electron chi connectivity index (χ3n) is 2.96. The van der Waals surface area contributed by atoms with Crippen LogP contribution in [0, 0.1) is 11.6 Å². The lowest BCUT2D eigenvalue weighted by Crippen LogP contribution is -2.17. The number of ketones is 1. The molecule has 0 atom stereocenters. The van der Waals surface area contributed by atoms with Gasteiger partial charge in [0.25, 0.3) is 0 Å². The summed E-state index contributed by atoms with van der Waals surface area (Å²) in [6.45, 7) is 1.39. The van der Waals surface area contributed by atoms with Gasteiger partial charge in [-0.2, -0.15) is 0 Å². The van der Waals surface area contributed by atoms with Gasteiger partial charge in [0.15, 0.2) is 17.4 Å². The van der Waals surface area contributed by atoms with Gasteiger partial charge in [-0.3, -0.25) is 9.59 Å². The lowest BCUT2D eigenvalue weighted by atomic mass is 10.1. The number of nitrogens with one attached hydrogen (secondary N) is 1. The van der Waals surface area contributed by atoms with E-state index in [0.29, 0.717) is 11.3 Å². The molecule has 0 aliphatic heterocycles. The van der Waals surface area contributed by atoms with Gasteiger partial charge in [0.1, 0.15) is 0 Å². The van der Waals surface area contributed by atoms with E-state index in [1.165, 1.54) is 19.1 Å². The van der Waals surface area contributed by atoms with E-state index in [0.717, 1.165) is 6.07 Å². The predicted molar refractivity (Wildman–Crippen MR) is 75.1 cm³/mol. The summed E-state index contributed by atoms with van der Waals surface area (Å²) in [5.41, 5.74) is 0.685. The first-order valence-electron chi connectivity index (χ1n) is 6.31. The molecule has 0 spiro atoms. The van der Waals surface area contributed by atoms with E-state index in [4.69, 9.17) is 0 Å². The van der Waals surface area contributed by atoms with E-state index in [1.807, 2.05) is 0 Å². The molecule has 0 aliphatic carbocycles. The Hall–Kier alpha value is -2.56. The van der Waals surface area contributed by atoms with Crippen LogP contribution >= 0.6 is 0 Å². The number of rotatable bonds is 4. The normalized spacial score (nSPS) is 10.2. The quantitative estimate of drug-likeness (QED) is 0.877. The average molecular weight is 289 g/mol. The van der Waals surface area contributed by atoms with Crippen LogP contribution in [-0.2, 0) is 11.2 Å². The summed E-state index contributed by atoms with van der Waals surface area (Å²) in [6, 6.07) is 10.2. The molecule has 0 aliphatic rings. The third kappa shape index (κ3) is 3.51. The summed E-state index contributed by atoms with van der Waals surface area (Å²) in [5, 5.41) is 2.54. The minimum Gasteiger partial charge on any atom is -0.325 e. The summed E-state index contributed by atoms with van der Waals surface area (Å²) in [6.07, 6.45) is -0.310. The van der Waals surface area contributed by atoms with Crippen molar-refractivity contribution in [2.75, 3.05) is 5.32 Å². The maximum absolute atomic E-state index is 13.5. The number of amides is 1. The zero-order valence-electron chi connectivity index (χ0n) is 11.3. The Morgan fingerprint density at radius 1 is 1.05 bits per heavy atom. The molecule has 0 radical (unpaired) electrons. The first kappa shape index (κ1) is 14.8. The molecule has 1 N–H and O–H groups in total. The van der Waals surface area contributed by atoms with Crippen LogP contribution in [0.4, 0.5) is 14.5 Å². The summed E-state index contributed by atoms with van der Waals surface area (Å²) in [5.74, 6) is -2.74. The number of carbonyl (C=O) groups excluding carboxylic acids is 2. The van der Waals surface area contributed by atoms with Gasteiger partial charge in [-0.25, -0.2) is 8.78 Å². The number of anilines is 1. The second kappa shape index (κ2) is 6.26. The van der Waals surface area contributed by atoms with E-state index in [9.17, 15) is 18.4 Å². The monoisotopic (exact) mass is 289 g/mol. The topological polar surface area (TPSA) is 46.2 Å². The van der Waals surface area contributed by atoms with Crippen LogP contribution in [0.25, 0.3) is 0 Å². The number of hydrogen-bond acceptors (Lipinski definition) is 2. The van der Waals surface area contributed by atoms with Gasteiger partial charge < -0.3 is 5.32 Å². The Morgan fingerprint density at radius 3 is 2.48 bits per heavy atom. The number of para-hydroxylation sites is 1. The van der Waals surface area contributed by atoms with Gasteiger partial charge in [-0.05, 0) is 25.1 Å². The Bertz CT molecular complexity index is 698. The number of halogens is 2. The van der Waals surface area contributed by atoms with Gasteiger partial charge in [0.05, 0.1) is 12.1 Å². The molecule has 1 amide bonds. The van der Waals surface area contributed by atoms with Crippen molar-refractivity contribution in [1.82, 2.24) is 0 Å². The molecular weight excluding hydrogens is 276 g/mol. The summed E-state index contributed by atoms with van der Waals surface area (Å²) >= 11 is 0. The number of benzene rings is 2. The molecule has 0 fully saturated rings. The second-order valence-electron chi connectivity index (χ2n) is 4.54. The molecule has 2 aromatic rings. The van der Waals surface area contributed by atoms with Crippen LogP contribution < -0.4 is 5.32 Å². The van der Waals surface area contributed by atoms with E-state index in [-0.39, 0.29) is 17.8 Å². The fourth-order valence-electron chi connectivity index (χ4n) is 1.95. The van der Waals surface area contributed by atoms with Crippen molar-refractivity contribution in [2.24, 2.45) is 0 Å². The van der Waals surface area contributed by atoms with Crippen molar-refractivity contribution < 1.29 is 18.4 Å². The lowest BCUT2D eigenvalue weighted by molar-refractivity contribution is -0.115. The number of carbonyl (C=O) groups is 2. The van der Waals surface area contributed by atoms with Crippen LogP contribution in [-0.4, -0.2) is 11.7 Å². The highest BCUT2D eigenvalue weighted by atomic mass is 19.2. The molecule has 0 aromatic heterocycles. The number of Topliss-reactive ketones (excluding diaryl/α,β-unsaturated/α-hetero) is 1. The van der Waals surface area contributed by atoms with Crippen LogP contribution in [0.5, 0.6) is 0 Å². The van der Waals surface area contributed by atoms with Crippen LogP contribution in [0.15, 0.2) is 42.5 Å². The van der Waals surface area contributed by atoms with Gasteiger partial charge in [0, 0.05) is 11.1 Å². The van der Waals surface area contributed by atoms with Crippen molar-refractivity contribution in [3.63, 3.8) is 0 Å². The van der Waals surface area contributed by atoms with Gasteiger partial charge in [-0.15, -0.1) is 0 Å². The van der Waals surface area contributed by atoms with Crippen molar-refractivity contribution in [3.8, 4) is 0 Å². The standard InChI is InChI=1S/C16H13F2NO2/c1-10(20)12-6-2-3-8-14(12)19-15(21)9-11-5-4-7-13(17)16(11)18/h2-8H,9H2,1H3,(H,19,21). The molecule has 2 rings (SSSR count).